The predicted molar refractivity (Wildman–Crippen MR) is 40.6 cm³/mol. The van der Waals surface area contributed by atoms with Gasteiger partial charge >= 0.3 is 0 Å². The second-order valence-electron chi connectivity index (χ2n) is 2.17. The number of imidazole rings is 1. The smallest absolute Gasteiger partial charge is 0.111 e. The number of hydrogen-bond acceptors (Lipinski definition) is 3. The number of nitrogens with two attached hydrogens (primary N) is 1. The SMILES string of the molecule is N#CCn1ccnc1CCN. The Hall–Kier alpha value is -1.34. The van der Waals surface area contributed by atoms with Crippen LogP contribution in [0.3, 0.4) is 0 Å². The van der Waals surface area contributed by atoms with Crippen molar-refractivity contribution in [2.24, 2.45) is 5.73 Å². The van der Waals surface area contributed by atoms with Gasteiger partial charge in [0.2, 0.25) is 0 Å². The lowest BCUT2D eigenvalue weighted by Crippen LogP contribution is -2.09. The topological polar surface area (TPSA) is 67.6 Å². The Kier molecular flexibility index (Phi) is 2.64. The first-order chi connectivity index (χ1) is 5.38. The maximum Gasteiger partial charge on any atom is 0.111 e. The van der Waals surface area contributed by atoms with Gasteiger partial charge in [0.05, 0.1) is 6.07 Å². The predicted octanol–water partition coefficient (Wildman–Crippen LogP) is -0.0921. The van der Waals surface area contributed by atoms with E-state index in [2.05, 4.69) is 11.1 Å². The second kappa shape index (κ2) is 3.74. The monoisotopic (exact) mass is 150 g/mol. The zero-order valence-electron chi connectivity index (χ0n) is 6.20. The molecule has 0 aliphatic carbocycles. The van der Waals surface area contributed by atoms with Crippen LogP contribution in [0.2, 0.25) is 0 Å². The van der Waals surface area contributed by atoms with Crippen molar-refractivity contribution in [3.63, 3.8) is 0 Å². The van der Waals surface area contributed by atoms with Crippen LogP contribution in [-0.2, 0) is 13.0 Å². The van der Waals surface area contributed by atoms with E-state index in [1.54, 1.807) is 17.0 Å². The molecule has 4 heteroatoms. The van der Waals surface area contributed by atoms with Crippen LogP contribution in [0.1, 0.15) is 5.82 Å². The molecule has 0 radical (unpaired) electrons. The minimum atomic E-state index is 0.356. The number of hydrogen-bond donors (Lipinski definition) is 1. The van der Waals surface area contributed by atoms with E-state index in [1.807, 2.05) is 0 Å². The van der Waals surface area contributed by atoms with E-state index in [4.69, 9.17) is 11.0 Å². The summed E-state index contributed by atoms with van der Waals surface area (Å²) in [4.78, 5) is 4.06. The molecule has 4 nitrogen and oxygen atoms in total. The molecular weight excluding hydrogens is 140 g/mol. The third-order valence-electron chi connectivity index (χ3n) is 1.41. The van der Waals surface area contributed by atoms with Crippen molar-refractivity contribution in [2.45, 2.75) is 13.0 Å². The lowest BCUT2D eigenvalue weighted by molar-refractivity contribution is 0.735. The van der Waals surface area contributed by atoms with Crippen molar-refractivity contribution in [1.29, 1.82) is 5.26 Å². The Morgan fingerprint density at radius 3 is 3.18 bits per heavy atom. The van der Waals surface area contributed by atoms with Gasteiger partial charge in [-0.05, 0) is 6.54 Å². The molecule has 58 valence electrons. The molecule has 0 saturated heterocycles. The van der Waals surface area contributed by atoms with E-state index in [0.29, 0.717) is 13.1 Å². The molecule has 0 amide bonds. The zero-order chi connectivity index (χ0) is 8.10. The summed E-state index contributed by atoms with van der Waals surface area (Å²) in [6.45, 7) is 0.928. The summed E-state index contributed by atoms with van der Waals surface area (Å²) in [5.41, 5.74) is 5.35. The summed E-state index contributed by atoms with van der Waals surface area (Å²) in [6.07, 6.45) is 4.20. The van der Waals surface area contributed by atoms with Crippen molar-refractivity contribution in [3.8, 4) is 6.07 Å². The van der Waals surface area contributed by atoms with Crippen molar-refractivity contribution < 1.29 is 0 Å². The van der Waals surface area contributed by atoms with Crippen LogP contribution in [0, 0.1) is 11.3 Å². The normalized spacial score (nSPS) is 9.45. The van der Waals surface area contributed by atoms with Crippen LogP contribution in [0.5, 0.6) is 0 Å². The van der Waals surface area contributed by atoms with Gasteiger partial charge in [0.25, 0.3) is 0 Å². The van der Waals surface area contributed by atoms with Gasteiger partial charge in [0.1, 0.15) is 12.4 Å². The summed E-state index contributed by atoms with van der Waals surface area (Å²) in [5.74, 6) is 0.883. The largest absolute Gasteiger partial charge is 0.330 e. The highest BCUT2D eigenvalue weighted by atomic mass is 15.1. The standard InChI is InChI=1S/C7H10N4/c8-2-1-7-10-4-6-11(7)5-3-9/h4,6H,1-2,5,8H2. The molecule has 1 rings (SSSR count). The first-order valence-corrected chi connectivity index (χ1v) is 3.45. The van der Waals surface area contributed by atoms with Crippen LogP contribution >= 0.6 is 0 Å². The molecular formula is C7H10N4. The van der Waals surface area contributed by atoms with Gasteiger partial charge in [-0.25, -0.2) is 4.98 Å². The highest BCUT2D eigenvalue weighted by Gasteiger charge is 1.98. The number of rotatable bonds is 3. The van der Waals surface area contributed by atoms with E-state index in [0.717, 1.165) is 12.2 Å². The molecule has 0 bridgehead atoms. The fourth-order valence-corrected chi connectivity index (χ4v) is 0.917. The molecule has 0 spiro atoms. The van der Waals surface area contributed by atoms with Crippen molar-refractivity contribution >= 4 is 0 Å². The molecule has 1 heterocycles. The van der Waals surface area contributed by atoms with Gasteiger partial charge in [0.15, 0.2) is 0 Å². The Labute approximate surface area is 65.3 Å². The molecule has 0 saturated carbocycles. The fraction of sp³-hybridized carbons (Fsp3) is 0.429. The molecule has 0 fully saturated rings. The van der Waals surface area contributed by atoms with Gasteiger partial charge < -0.3 is 10.3 Å². The minimum absolute atomic E-state index is 0.356. The van der Waals surface area contributed by atoms with Gasteiger partial charge in [0, 0.05) is 18.8 Å². The van der Waals surface area contributed by atoms with Crippen molar-refractivity contribution in [2.75, 3.05) is 6.54 Å². The molecule has 0 aliphatic rings. The number of aromatic nitrogens is 2. The maximum absolute atomic E-state index is 8.40. The van der Waals surface area contributed by atoms with E-state index >= 15 is 0 Å². The van der Waals surface area contributed by atoms with Crippen LogP contribution in [0.4, 0.5) is 0 Å². The highest BCUT2D eigenvalue weighted by molar-refractivity contribution is 4.95. The van der Waals surface area contributed by atoms with Crippen LogP contribution in [0.15, 0.2) is 12.4 Å². The Bertz CT molecular complexity index is 258. The molecule has 0 unspecified atom stereocenters. The Morgan fingerprint density at radius 1 is 1.73 bits per heavy atom. The summed E-state index contributed by atoms with van der Waals surface area (Å²) < 4.78 is 1.80. The maximum atomic E-state index is 8.40. The second-order valence-corrected chi connectivity index (χ2v) is 2.17. The Balaban J connectivity index is 2.71. The lowest BCUT2D eigenvalue weighted by atomic mass is 10.4. The molecule has 0 aromatic carbocycles. The summed E-state index contributed by atoms with van der Waals surface area (Å²) in [6, 6.07) is 2.05. The summed E-state index contributed by atoms with van der Waals surface area (Å²) in [7, 11) is 0. The Morgan fingerprint density at radius 2 is 2.55 bits per heavy atom. The third kappa shape index (κ3) is 1.79. The highest BCUT2D eigenvalue weighted by Crippen LogP contribution is 1.96. The molecule has 0 aliphatic heterocycles. The van der Waals surface area contributed by atoms with Gasteiger partial charge in [-0.1, -0.05) is 0 Å². The van der Waals surface area contributed by atoms with E-state index in [9.17, 15) is 0 Å². The van der Waals surface area contributed by atoms with Gasteiger partial charge in [-0.2, -0.15) is 5.26 Å². The van der Waals surface area contributed by atoms with Crippen LogP contribution < -0.4 is 5.73 Å². The minimum Gasteiger partial charge on any atom is -0.330 e. The van der Waals surface area contributed by atoms with Crippen molar-refractivity contribution in [3.05, 3.63) is 18.2 Å². The molecule has 2 N–H and O–H groups in total. The average Bonchev–Trinajstić information content (AvgIpc) is 2.39. The van der Waals surface area contributed by atoms with E-state index < -0.39 is 0 Å². The fourth-order valence-electron chi connectivity index (χ4n) is 0.917. The summed E-state index contributed by atoms with van der Waals surface area (Å²) in [5, 5.41) is 8.40. The van der Waals surface area contributed by atoms with Gasteiger partial charge in [-0.3, -0.25) is 0 Å². The summed E-state index contributed by atoms with van der Waals surface area (Å²) >= 11 is 0. The lowest BCUT2D eigenvalue weighted by Gasteiger charge is -1.99. The molecule has 1 aromatic heterocycles. The number of nitrogens with zero attached hydrogens (tertiary/aromatic N) is 3. The molecule has 11 heavy (non-hydrogen) atoms. The van der Waals surface area contributed by atoms with E-state index in [1.165, 1.54) is 0 Å². The van der Waals surface area contributed by atoms with Crippen molar-refractivity contribution in [1.82, 2.24) is 9.55 Å². The molecule has 1 aromatic rings. The first-order valence-electron chi connectivity index (χ1n) is 3.45. The molecule has 0 atom stereocenters. The van der Waals surface area contributed by atoms with Crippen LogP contribution in [-0.4, -0.2) is 16.1 Å². The van der Waals surface area contributed by atoms with Gasteiger partial charge in [-0.15, -0.1) is 0 Å². The first kappa shape index (κ1) is 7.76. The zero-order valence-corrected chi connectivity index (χ0v) is 6.20. The third-order valence-corrected chi connectivity index (χ3v) is 1.41. The van der Waals surface area contributed by atoms with Crippen LogP contribution in [0.25, 0.3) is 0 Å². The number of nitriles is 1. The van der Waals surface area contributed by atoms with E-state index in [-0.39, 0.29) is 0 Å². The quantitative estimate of drug-likeness (QED) is 0.654. The average molecular weight is 150 g/mol.